The topological polar surface area (TPSA) is 15.8 Å². The summed E-state index contributed by atoms with van der Waals surface area (Å²) in [4.78, 5) is 2.51. The van der Waals surface area contributed by atoms with Gasteiger partial charge in [-0.05, 0) is 19.3 Å². The molecule has 3 saturated heterocycles. The SMILES string of the molecule is C1CC2CCN2C2OC12. The lowest BCUT2D eigenvalue weighted by Crippen LogP contribution is -2.52. The van der Waals surface area contributed by atoms with E-state index in [1.54, 1.807) is 0 Å². The van der Waals surface area contributed by atoms with Crippen LogP contribution in [0.1, 0.15) is 19.3 Å². The molecule has 50 valence electrons. The fraction of sp³-hybridized carbons (Fsp3) is 1.00. The lowest BCUT2D eigenvalue weighted by atomic mass is 9.92. The van der Waals surface area contributed by atoms with Crippen molar-refractivity contribution in [1.29, 1.82) is 0 Å². The van der Waals surface area contributed by atoms with Gasteiger partial charge in [0.25, 0.3) is 0 Å². The molecular weight excluding hydrogens is 114 g/mol. The van der Waals surface area contributed by atoms with Gasteiger partial charge >= 0.3 is 0 Å². The molecule has 3 aliphatic rings. The highest BCUT2D eigenvalue weighted by Gasteiger charge is 2.52. The molecule has 2 nitrogen and oxygen atoms in total. The monoisotopic (exact) mass is 125 g/mol. The van der Waals surface area contributed by atoms with Gasteiger partial charge in [-0.3, -0.25) is 4.90 Å². The van der Waals surface area contributed by atoms with Crippen molar-refractivity contribution in [1.82, 2.24) is 4.90 Å². The molecule has 0 radical (unpaired) electrons. The normalized spacial score (nSPS) is 55.3. The van der Waals surface area contributed by atoms with Gasteiger partial charge in [-0.2, -0.15) is 0 Å². The lowest BCUT2D eigenvalue weighted by Gasteiger charge is -2.42. The predicted molar refractivity (Wildman–Crippen MR) is 33.0 cm³/mol. The molecule has 2 heteroatoms. The van der Waals surface area contributed by atoms with Crippen LogP contribution in [-0.2, 0) is 4.74 Å². The van der Waals surface area contributed by atoms with Crippen LogP contribution in [0.2, 0.25) is 0 Å². The largest absolute Gasteiger partial charge is 0.353 e. The summed E-state index contributed by atoms with van der Waals surface area (Å²) in [6.07, 6.45) is 5.35. The summed E-state index contributed by atoms with van der Waals surface area (Å²) in [5, 5.41) is 0. The predicted octanol–water partition coefficient (Wildman–Crippen LogP) is 0.579. The zero-order valence-corrected chi connectivity index (χ0v) is 5.42. The Labute approximate surface area is 54.8 Å². The molecule has 0 aromatic carbocycles. The molecule has 9 heavy (non-hydrogen) atoms. The molecule has 0 amide bonds. The number of epoxide rings is 1. The van der Waals surface area contributed by atoms with Gasteiger partial charge in [0, 0.05) is 12.6 Å². The fourth-order valence-electron chi connectivity index (χ4n) is 2.10. The van der Waals surface area contributed by atoms with Crippen molar-refractivity contribution in [2.24, 2.45) is 0 Å². The van der Waals surface area contributed by atoms with Crippen LogP contribution in [0, 0.1) is 0 Å². The summed E-state index contributed by atoms with van der Waals surface area (Å²) >= 11 is 0. The van der Waals surface area contributed by atoms with Gasteiger partial charge in [0.2, 0.25) is 0 Å². The number of rotatable bonds is 0. The zero-order chi connectivity index (χ0) is 5.84. The first-order valence-corrected chi connectivity index (χ1v) is 3.86. The smallest absolute Gasteiger partial charge is 0.137 e. The molecule has 0 saturated carbocycles. The Morgan fingerprint density at radius 1 is 1.22 bits per heavy atom. The number of hydrogen-bond donors (Lipinski definition) is 0. The van der Waals surface area contributed by atoms with Crippen LogP contribution >= 0.6 is 0 Å². The molecule has 0 N–H and O–H groups in total. The standard InChI is InChI=1S/C7H11NO/c1-2-6-7(9-6)8-4-3-5(1)8/h5-7H,1-4H2. The van der Waals surface area contributed by atoms with Crippen LogP contribution in [-0.4, -0.2) is 29.8 Å². The average molecular weight is 125 g/mol. The van der Waals surface area contributed by atoms with Crippen molar-refractivity contribution in [2.75, 3.05) is 6.54 Å². The lowest BCUT2D eigenvalue weighted by molar-refractivity contribution is 0.0294. The van der Waals surface area contributed by atoms with Gasteiger partial charge in [0.15, 0.2) is 0 Å². The van der Waals surface area contributed by atoms with Crippen molar-refractivity contribution in [3.05, 3.63) is 0 Å². The summed E-state index contributed by atoms with van der Waals surface area (Å²) in [5.41, 5.74) is 0. The summed E-state index contributed by atoms with van der Waals surface area (Å²) < 4.78 is 5.44. The molecule has 0 aromatic heterocycles. The van der Waals surface area contributed by atoms with Gasteiger partial charge < -0.3 is 4.74 Å². The Morgan fingerprint density at radius 3 is 2.89 bits per heavy atom. The van der Waals surface area contributed by atoms with Crippen LogP contribution in [0.4, 0.5) is 0 Å². The molecule has 3 atom stereocenters. The van der Waals surface area contributed by atoms with Gasteiger partial charge in [-0.1, -0.05) is 0 Å². The molecule has 3 rings (SSSR count). The maximum atomic E-state index is 5.44. The van der Waals surface area contributed by atoms with E-state index in [1.165, 1.54) is 25.8 Å². The molecule has 0 bridgehead atoms. The van der Waals surface area contributed by atoms with E-state index in [0.29, 0.717) is 12.3 Å². The van der Waals surface area contributed by atoms with Crippen LogP contribution in [0.15, 0.2) is 0 Å². The average Bonchev–Trinajstić information content (AvgIpc) is 2.43. The molecule has 3 heterocycles. The summed E-state index contributed by atoms with van der Waals surface area (Å²) in [6.45, 7) is 1.30. The summed E-state index contributed by atoms with van der Waals surface area (Å²) in [6, 6.07) is 0.911. The Bertz CT molecular complexity index is 146. The molecular formula is C7H11NO. The van der Waals surface area contributed by atoms with E-state index in [4.69, 9.17) is 4.74 Å². The highest BCUT2D eigenvalue weighted by atomic mass is 16.6. The van der Waals surface area contributed by atoms with Crippen LogP contribution in [0.3, 0.4) is 0 Å². The molecule has 3 unspecified atom stereocenters. The third-order valence-corrected chi connectivity index (χ3v) is 2.86. The molecule has 0 aliphatic carbocycles. The Hall–Kier alpha value is -0.0800. The van der Waals surface area contributed by atoms with Crippen molar-refractivity contribution in [3.8, 4) is 0 Å². The maximum Gasteiger partial charge on any atom is 0.137 e. The van der Waals surface area contributed by atoms with E-state index < -0.39 is 0 Å². The number of hydrogen-bond acceptors (Lipinski definition) is 2. The minimum absolute atomic E-state index is 0.567. The molecule has 3 aliphatic heterocycles. The third kappa shape index (κ3) is 0.485. The van der Waals surface area contributed by atoms with Crippen molar-refractivity contribution < 1.29 is 4.74 Å². The highest BCUT2D eigenvalue weighted by molar-refractivity contribution is 4.99. The first-order chi connectivity index (χ1) is 4.45. The first-order valence-electron chi connectivity index (χ1n) is 3.86. The molecule has 0 spiro atoms. The van der Waals surface area contributed by atoms with Crippen LogP contribution in [0.5, 0.6) is 0 Å². The van der Waals surface area contributed by atoms with E-state index in [1.807, 2.05) is 0 Å². The van der Waals surface area contributed by atoms with E-state index in [-0.39, 0.29) is 0 Å². The molecule has 0 aromatic rings. The number of piperidine rings is 1. The minimum Gasteiger partial charge on any atom is -0.353 e. The van der Waals surface area contributed by atoms with Crippen molar-refractivity contribution in [2.45, 2.75) is 37.6 Å². The van der Waals surface area contributed by atoms with E-state index in [9.17, 15) is 0 Å². The zero-order valence-electron chi connectivity index (χ0n) is 5.42. The molecule has 3 fully saturated rings. The van der Waals surface area contributed by atoms with Gasteiger partial charge in [0.05, 0.1) is 6.10 Å². The Morgan fingerprint density at radius 2 is 2.22 bits per heavy atom. The van der Waals surface area contributed by atoms with E-state index >= 15 is 0 Å². The van der Waals surface area contributed by atoms with Crippen LogP contribution < -0.4 is 0 Å². The second-order valence-corrected chi connectivity index (χ2v) is 3.32. The Balaban J connectivity index is 1.82. The minimum atomic E-state index is 0.567. The number of nitrogens with zero attached hydrogens (tertiary/aromatic N) is 1. The fourth-order valence-corrected chi connectivity index (χ4v) is 2.10. The van der Waals surface area contributed by atoms with Crippen LogP contribution in [0.25, 0.3) is 0 Å². The van der Waals surface area contributed by atoms with Gasteiger partial charge in [-0.15, -0.1) is 0 Å². The Kier molecular flexibility index (Phi) is 0.691. The second kappa shape index (κ2) is 1.32. The van der Waals surface area contributed by atoms with E-state index in [0.717, 1.165) is 6.04 Å². The summed E-state index contributed by atoms with van der Waals surface area (Å²) in [7, 11) is 0. The summed E-state index contributed by atoms with van der Waals surface area (Å²) in [5.74, 6) is 0. The first kappa shape index (κ1) is 4.69. The van der Waals surface area contributed by atoms with Crippen molar-refractivity contribution in [3.63, 3.8) is 0 Å². The van der Waals surface area contributed by atoms with E-state index in [2.05, 4.69) is 4.90 Å². The van der Waals surface area contributed by atoms with Crippen molar-refractivity contribution >= 4 is 0 Å². The second-order valence-electron chi connectivity index (χ2n) is 3.32. The highest BCUT2D eigenvalue weighted by Crippen LogP contribution is 2.42. The quantitative estimate of drug-likeness (QED) is 0.440. The number of fused-ring (bicyclic) bond motifs is 3. The van der Waals surface area contributed by atoms with Gasteiger partial charge in [-0.25, -0.2) is 0 Å². The number of ether oxygens (including phenoxy) is 1. The third-order valence-electron chi connectivity index (χ3n) is 2.86. The van der Waals surface area contributed by atoms with Gasteiger partial charge in [0.1, 0.15) is 6.23 Å². The maximum absolute atomic E-state index is 5.44.